The number of fused-ring (bicyclic) bond motifs is 1. The summed E-state index contributed by atoms with van der Waals surface area (Å²) in [7, 11) is 0. The van der Waals surface area contributed by atoms with E-state index in [1.54, 1.807) is 11.5 Å². The summed E-state index contributed by atoms with van der Waals surface area (Å²) in [6.07, 6.45) is 4.47. The number of hydrogen-bond donors (Lipinski definition) is 1. The van der Waals surface area contributed by atoms with Gasteiger partial charge in [0.15, 0.2) is 0 Å². The van der Waals surface area contributed by atoms with Crippen LogP contribution >= 0.6 is 11.8 Å². The molecule has 38 heavy (non-hydrogen) atoms. The molecule has 0 bridgehead atoms. The number of pyridine rings is 1. The Labute approximate surface area is 224 Å². The number of benzene rings is 1. The van der Waals surface area contributed by atoms with Gasteiger partial charge in [-0.05, 0) is 68.6 Å². The van der Waals surface area contributed by atoms with E-state index in [1.807, 2.05) is 42.1 Å². The number of thioether (sulfide) groups is 1. The number of nitrogens with one attached hydrogen (secondary N) is 1. The predicted octanol–water partition coefficient (Wildman–Crippen LogP) is 3.97. The smallest absolute Gasteiger partial charge is 0.333 e. The molecular formula is C28H33FN4O4S. The molecule has 1 aliphatic carbocycles. The van der Waals surface area contributed by atoms with Gasteiger partial charge in [-0.15, -0.1) is 0 Å². The van der Waals surface area contributed by atoms with Crippen molar-refractivity contribution in [2.45, 2.75) is 76.3 Å². The van der Waals surface area contributed by atoms with Crippen molar-refractivity contribution in [1.82, 2.24) is 19.4 Å². The van der Waals surface area contributed by atoms with Crippen molar-refractivity contribution in [2.24, 2.45) is 0 Å². The van der Waals surface area contributed by atoms with Crippen LogP contribution in [0.15, 0.2) is 52.2 Å². The normalized spacial score (nSPS) is 21.3. The minimum absolute atomic E-state index is 0.0608. The third-order valence-electron chi connectivity index (χ3n) is 7.60. The number of rotatable bonds is 7. The number of nitrogens with zero attached hydrogens (tertiary/aromatic N) is 3. The molecule has 2 fully saturated rings. The lowest BCUT2D eigenvalue weighted by Crippen LogP contribution is -2.47. The molecule has 1 aliphatic heterocycles. The molecule has 3 aromatic rings. The Morgan fingerprint density at radius 1 is 1.08 bits per heavy atom. The highest BCUT2D eigenvalue weighted by atomic mass is 32.2. The van der Waals surface area contributed by atoms with E-state index in [1.165, 1.54) is 10.6 Å². The summed E-state index contributed by atoms with van der Waals surface area (Å²) in [4.78, 5) is 44.0. The lowest BCUT2D eigenvalue weighted by molar-refractivity contribution is -0.133. The van der Waals surface area contributed by atoms with Crippen molar-refractivity contribution in [3.8, 4) is 0 Å². The average Bonchev–Trinajstić information content (AvgIpc) is 2.94. The van der Waals surface area contributed by atoms with Crippen molar-refractivity contribution < 1.29 is 13.9 Å². The highest BCUT2D eigenvalue weighted by molar-refractivity contribution is 7.99. The molecule has 1 unspecified atom stereocenters. The van der Waals surface area contributed by atoms with Crippen LogP contribution in [0.2, 0.25) is 0 Å². The van der Waals surface area contributed by atoms with Gasteiger partial charge in [-0.3, -0.25) is 18.7 Å². The van der Waals surface area contributed by atoms with Crippen molar-refractivity contribution in [3.05, 3.63) is 74.8 Å². The molecule has 1 N–H and O–H groups in total. The van der Waals surface area contributed by atoms with Gasteiger partial charge in [-0.25, -0.2) is 14.2 Å². The highest BCUT2D eigenvalue weighted by Gasteiger charge is 2.30. The van der Waals surface area contributed by atoms with E-state index in [0.717, 1.165) is 36.1 Å². The van der Waals surface area contributed by atoms with Crippen LogP contribution in [0.25, 0.3) is 11.0 Å². The van der Waals surface area contributed by atoms with E-state index >= 15 is 0 Å². The Morgan fingerprint density at radius 2 is 1.76 bits per heavy atom. The predicted molar refractivity (Wildman–Crippen MR) is 146 cm³/mol. The van der Waals surface area contributed by atoms with Crippen LogP contribution in [0.1, 0.15) is 63.1 Å². The summed E-state index contributed by atoms with van der Waals surface area (Å²) in [6, 6.07) is 10.4. The van der Waals surface area contributed by atoms with Gasteiger partial charge in [0.2, 0.25) is 5.91 Å². The standard InChI is InChI=1S/C28H33FN4O4S/c1-18(37-17-19-5-3-2-4-6-19)26(34)31-21-7-9-22(10-8-21)33-27(35)24-15-20(29)16-30-25(24)32(28(33)36)23-11-13-38-14-12-23/h2-6,15-16,18,21-23H,7-14,17H2,1H3,(H,31,34). The summed E-state index contributed by atoms with van der Waals surface area (Å²) >= 11 is 1.84. The van der Waals surface area contributed by atoms with Gasteiger partial charge in [-0.2, -0.15) is 11.8 Å². The van der Waals surface area contributed by atoms with Gasteiger partial charge in [-0.1, -0.05) is 30.3 Å². The second-order valence-electron chi connectivity index (χ2n) is 10.1. The second-order valence-corrected chi connectivity index (χ2v) is 11.4. The van der Waals surface area contributed by atoms with Crippen molar-refractivity contribution in [2.75, 3.05) is 11.5 Å². The Balaban J connectivity index is 1.29. The average molecular weight is 541 g/mol. The largest absolute Gasteiger partial charge is 0.364 e. The van der Waals surface area contributed by atoms with E-state index in [9.17, 15) is 18.8 Å². The zero-order chi connectivity index (χ0) is 26.6. The molecule has 1 saturated carbocycles. The maximum Gasteiger partial charge on any atom is 0.333 e. The monoisotopic (exact) mass is 540 g/mol. The molecule has 10 heteroatoms. The first-order valence-electron chi connectivity index (χ1n) is 13.3. The molecule has 2 aromatic heterocycles. The van der Waals surface area contributed by atoms with E-state index < -0.39 is 17.5 Å². The molecule has 5 rings (SSSR count). The quantitative estimate of drug-likeness (QED) is 0.487. The SMILES string of the molecule is CC(OCc1ccccc1)C(=O)NC1CCC(n2c(=O)c3cc(F)cnc3n(C3CCSCC3)c2=O)CC1. The number of hydrogen-bond acceptors (Lipinski definition) is 6. The Morgan fingerprint density at radius 3 is 2.47 bits per heavy atom. The number of carbonyl (C=O) groups is 1. The van der Waals surface area contributed by atoms with Gasteiger partial charge in [0, 0.05) is 18.1 Å². The minimum Gasteiger partial charge on any atom is -0.364 e. The number of aromatic nitrogens is 3. The fourth-order valence-corrected chi connectivity index (χ4v) is 6.55. The van der Waals surface area contributed by atoms with Crippen LogP contribution in [0.3, 0.4) is 0 Å². The van der Waals surface area contributed by atoms with E-state index in [-0.39, 0.29) is 40.8 Å². The van der Waals surface area contributed by atoms with Crippen LogP contribution in [0.5, 0.6) is 0 Å². The van der Waals surface area contributed by atoms with E-state index in [2.05, 4.69) is 10.3 Å². The maximum absolute atomic E-state index is 14.1. The zero-order valence-corrected chi connectivity index (χ0v) is 22.3. The Kier molecular flexibility index (Phi) is 8.28. The third-order valence-corrected chi connectivity index (χ3v) is 8.65. The molecule has 1 aromatic carbocycles. The van der Waals surface area contributed by atoms with E-state index in [0.29, 0.717) is 32.3 Å². The van der Waals surface area contributed by atoms with E-state index in [4.69, 9.17) is 4.74 Å². The molecule has 3 heterocycles. The van der Waals surface area contributed by atoms with Crippen molar-refractivity contribution >= 4 is 28.7 Å². The van der Waals surface area contributed by atoms with Crippen LogP contribution in [0, 0.1) is 5.82 Å². The fourth-order valence-electron chi connectivity index (χ4n) is 5.47. The molecule has 8 nitrogen and oxygen atoms in total. The van der Waals surface area contributed by atoms with Crippen molar-refractivity contribution in [1.29, 1.82) is 0 Å². The van der Waals surface area contributed by atoms with Gasteiger partial charge in [0.25, 0.3) is 5.56 Å². The summed E-state index contributed by atoms with van der Waals surface area (Å²) in [5.41, 5.74) is 0.406. The number of ether oxygens (including phenoxy) is 1. The first kappa shape index (κ1) is 26.6. The zero-order valence-electron chi connectivity index (χ0n) is 21.5. The molecule has 0 spiro atoms. The Bertz CT molecular complexity index is 1400. The summed E-state index contributed by atoms with van der Waals surface area (Å²) in [5.74, 6) is 1.08. The topological polar surface area (TPSA) is 95.2 Å². The fraction of sp³-hybridized carbons (Fsp3) is 0.500. The number of halogens is 1. The lowest BCUT2D eigenvalue weighted by Gasteiger charge is -2.32. The summed E-state index contributed by atoms with van der Waals surface area (Å²) < 4.78 is 22.8. The van der Waals surface area contributed by atoms with Crippen LogP contribution in [-0.2, 0) is 16.1 Å². The van der Waals surface area contributed by atoms with Gasteiger partial charge in [0.1, 0.15) is 17.6 Å². The molecule has 202 valence electrons. The van der Waals surface area contributed by atoms with Crippen LogP contribution in [-0.4, -0.2) is 43.7 Å². The van der Waals surface area contributed by atoms with Gasteiger partial charge >= 0.3 is 5.69 Å². The maximum atomic E-state index is 14.1. The van der Waals surface area contributed by atoms with Crippen molar-refractivity contribution in [3.63, 3.8) is 0 Å². The van der Waals surface area contributed by atoms with Gasteiger partial charge in [0.05, 0.1) is 18.2 Å². The summed E-state index contributed by atoms with van der Waals surface area (Å²) in [6.45, 7) is 2.09. The lowest BCUT2D eigenvalue weighted by atomic mass is 9.90. The first-order valence-corrected chi connectivity index (χ1v) is 14.4. The molecule has 0 radical (unpaired) electrons. The molecule has 1 saturated heterocycles. The molecular weight excluding hydrogens is 507 g/mol. The molecule has 1 atom stereocenters. The highest BCUT2D eigenvalue weighted by Crippen LogP contribution is 2.30. The van der Waals surface area contributed by atoms with Gasteiger partial charge < -0.3 is 10.1 Å². The van der Waals surface area contributed by atoms with Crippen LogP contribution < -0.4 is 16.6 Å². The Hall–Kier alpha value is -2.98. The first-order chi connectivity index (χ1) is 18.4. The second kappa shape index (κ2) is 11.8. The molecule has 2 aliphatic rings. The minimum atomic E-state index is -0.598. The molecule has 1 amide bonds. The van der Waals surface area contributed by atoms with Crippen LogP contribution in [0.4, 0.5) is 4.39 Å². The number of amides is 1. The number of carbonyl (C=O) groups excluding carboxylic acids is 1. The summed E-state index contributed by atoms with van der Waals surface area (Å²) in [5, 5.41) is 3.20. The third kappa shape index (κ3) is 5.71.